The third-order valence-corrected chi connectivity index (χ3v) is 5.00. The van der Waals surface area contributed by atoms with Crippen LogP contribution in [0.3, 0.4) is 0 Å². The Kier molecular flexibility index (Phi) is 4.69. The summed E-state index contributed by atoms with van der Waals surface area (Å²) < 4.78 is 25.6. The Hall–Kier alpha value is -0.900. The van der Waals surface area contributed by atoms with Gasteiger partial charge in [-0.2, -0.15) is 9.57 Å². The summed E-state index contributed by atoms with van der Waals surface area (Å²) >= 11 is 3.38. The van der Waals surface area contributed by atoms with Crippen LogP contribution in [0.4, 0.5) is 0 Å². The fourth-order valence-electron chi connectivity index (χ4n) is 1.43. The van der Waals surface area contributed by atoms with Gasteiger partial charge in [0.1, 0.15) is 0 Å². The molecule has 92 valence electrons. The topological polar surface area (TPSA) is 61.2 Å². The van der Waals surface area contributed by atoms with Crippen LogP contribution in [0, 0.1) is 11.3 Å². The summed E-state index contributed by atoms with van der Waals surface area (Å²) in [4.78, 5) is 0. The van der Waals surface area contributed by atoms with Crippen molar-refractivity contribution in [2.24, 2.45) is 0 Å². The number of sulfonamides is 1. The lowest BCUT2D eigenvalue weighted by Gasteiger charge is -2.24. The molecule has 0 aromatic heterocycles. The molecular weight excluding hydrogens is 304 g/mol. The van der Waals surface area contributed by atoms with Crippen molar-refractivity contribution in [1.82, 2.24) is 4.31 Å². The number of halogens is 1. The molecular formula is C11H13BrN2O2S. The van der Waals surface area contributed by atoms with Crippen molar-refractivity contribution in [2.75, 3.05) is 12.8 Å². The van der Waals surface area contributed by atoms with Gasteiger partial charge in [0.2, 0.25) is 10.0 Å². The maximum absolute atomic E-state index is 11.7. The predicted molar refractivity (Wildman–Crippen MR) is 69.7 cm³/mol. The molecule has 0 fully saturated rings. The molecule has 0 aliphatic carbocycles. The van der Waals surface area contributed by atoms with Gasteiger partial charge in [0, 0.05) is 17.6 Å². The molecule has 0 unspecified atom stereocenters. The summed E-state index contributed by atoms with van der Waals surface area (Å²) in [7, 11) is -2.04. The summed E-state index contributed by atoms with van der Waals surface area (Å²) in [6.07, 6.45) is 0. The molecule has 4 nitrogen and oxygen atoms in total. The second kappa shape index (κ2) is 5.63. The van der Waals surface area contributed by atoms with Gasteiger partial charge in [-0.05, 0) is 18.6 Å². The van der Waals surface area contributed by atoms with Crippen molar-refractivity contribution in [3.8, 4) is 6.07 Å². The van der Waals surface area contributed by atoms with E-state index in [1.165, 1.54) is 11.4 Å². The van der Waals surface area contributed by atoms with Crippen molar-refractivity contribution >= 4 is 26.0 Å². The lowest BCUT2D eigenvalue weighted by molar-refractivity contribution is 0.399. The minimum absolute atomic E-state index is 0.316. The van der Waals surface area contributed by atoms with Gasteiger partial charge in [-0.15, -0.1) is 0 Å². The molecule has 0 saturated heterocycles. The van der Waals surface area contributed by atoms with Crippen LogP contribution in [0.5, 0.6) is 0 Å². The first-order valence-corrected chi connectivity index (χ1v) is 7.37. The molecule has 17 heavy (non-hydrogen) atoms. The summed E-state index contributed by atoms with van der Waals surface area (Å²) in [5.74, 6) is -0.502. The lowest BCUT2D eigenvalue weighted by atomic mass is 10.1. The van der Waals surface area contributed by atoms with E-state index in [0.717, 1.165) is 10.0 Å². The number of hydrogen-bond acceptors (Lipinski definition) is 3. The molecule has 0 saturated carbocycles. The van der Waals surface area contributed by atoms with Crippen molar-refractivity contribution in [3.05, 3.63) is 34.3 Å². The van der Waals surface area contributed by atoms with Crippen LogP contribution in [0.15, 0.2) is 28.7 Å². The molecule has 1 rings (SSSR count). The molecule has 0 aliphatic rings. The van der Waals surface area contributed by atoms with E-state index in [9.17, 15) is 8.42 Å². The largest absolute Gasteiger partial charge is 0.227 e. The highest BCUT2D eigenvalue weighted by Gasteiger charge is 2.24. The Morgan fingerprint density at radius 3 is 2.59 bits per heavy atom. The zero-order valence-corrected chi connectivity index (χ0v) is 12.0. The van der Waals surface area contributed by atoms with E-state index in [1.807, 2.05) is 24.3 Å². The molecule has 0 N–H and O–H groups in total. The van der Waals surface area contributed by atoms with Crippen LogP contribution >= 0.6 is 15.9 Å². The van der Waals surface area contributed by atoms with Gasteiger partial charge in [-0.1, -0.05) is 34.1 Å². The summed E-state index contributed by atoms with van der Waals surface area (Å²) in [5, 5.41) is 8.49. The normalized spacial score (nSPS) is 13.4. The summed E-state index contributed by atoms with van der Waals surface area (Å²) in [5.41, 5.74) is 0.872. The zero-order valence-electron chi connectivity index (χ0n) is 9.59. The maximum Gasteiger partial charge on any atom is 0.227 e. The molecule has 0 spiro atoms. The highest BCUT2D eigenvalue weighted by molar-refractivity contribution is 9.10. The molecule has 0 amide bonds. The van der Waals surface area contributed by atoms with Crippen LogP contribution < -0.4 is 0 Å². The van der Waals surface area contributed by atoms with Crippen LogP contribution in [0.1, 0.15) is 18.5 Å². The molecule has 1 aromatic rings. The van der Waals surface area contributed by atoms with E-state index in [0.29, 0.717) is 0 Å². The van der Waals surface area contributed by atoms with Crippen LogP contribution in [0.2, 0.25) is 0 Å². The van der Waals surface area contributed by atoms with Gasteiger partial charge in [0.05, 0.1) is 6.07 Å². The molecule has 0 bridgehead atoms. The number of nitriles is 1. The number of rotatable bonds is 4. The van der Waals surface area contributed by atoms with Gasteiger partial charge >= 0.3 is 0 Å². The van der Waals surface area contributed by atoms with Gasteiger partial charge in [-0.25, -0.2) is 8.42 Å². The number of hydrogen-bond donors (Lipinski definition) is 0. The Morgan fingerprint density at radius 1 is 1.47 bits per heavy atom. The fourth-order valence-corrected chi connectivity index (χ4v) is 3.01. The Bertz CT molecular complexity index is 537. The Balaban J connectivity index is 3.04. The fraction of sp³-hybridized carbons (Fsp3) is 0.364. The van der Waals surface area contributed by atoms with Crippen molar-refractivity contribution in [3.63, 3.8) is 0 Å². The monoisotopic (exact) mass is 316 g/mol. The smallest absolute Gasteiger partial charge is 0.211 e. The highest BCUT2D eigenvalue weighted by Crippen LogP contribution is 2.28. The summed E-state index contributed by atoms with van der Waals surface area (Å²) in [6, 6.07) is 8.78. The molecule has 0 heterocycles. The van der Waals surface area contributed by atoms with E-state index < -0.39 is 15.8 Å². The van der Waals surface area contributed by atoms with Crippen LogP contribution in [-0.2, 0) is 10.0 Å². The molecule has 1 aromatic carbocycles. The van der Waals surface area contributed by atoms with E-state index in [1.54, 1.807) is 13.0 Å². The maximum atomic E-state index is 11.7. The molecule has 1 atom stereocenters. The third-order valence-electron chi connectivity index (χ3n) is 2.59. The average molecular weight is 317 g/mol. The SMILES string of the molecule is C[C@@H](c1ccccc1Br)N(C)S(=O)(=O)CC#N. The summed E-state index contributed by atoms with van der Waals surface area (Å²) in [6.45, 7) is 1.79. The van der Waals surface area contributed by atoms with Crippen molar-refractivity contribution in [2.45, 2.75) is 13.0 Å². The van der Waals surface area contributed by atoms with E-state index in [-0.39, 0.29) is 6.04 Å². The predicted octanol–water partition coefficient (Wildman–Crippen LogP) is 2.30. The van der Waals surface area contributed by atoms with Crippen LogP contribution in [-0.4, -0.2) is 25.5 Å². The first-order valence-electron chi connectivity index (χ1n) is 4.97. The van der Waals surface area contributed by atoms with E-state index >= 15 is 0 Å². The van der Waals surface area contributed by atoms with Crippen molar-refractivity contribution in [1.29, 1.82) is 5.26 Å². The minimum atomic E-state index is -3.52. The average Bonchev–Trinajstić information content (AvgIpc) is 2.27. The van der Waals surface area contributed by atoms with Gasteiger partial charge in [-0.3, -0.25) is 0 Å². The lowest BCUT2D eigenvalue weighted by Crippen LogP contribution is -2.31. The third kappa shape index (κ3) is 3.28. The Morgan fingerprint density at radius 2 is 2.06 bits per heavy atom. The first kappa shape index (κ1) is 14.2. The first-order chi connectivity index (χ1) is 7.90. The molecule has 6 heteroatoms. The van der Waals surface area contributed by atoms with Gasteiger partial charge in [0.25, 0.3) is 0 Å². The second-order valence-electron chi connectivity index (χ2n) is 3.63. The second-order valence-corrected chi connectivity index (χ2v) is 6.51. The standard InChI is InChI=1S/C11H13BrN2O2S/c1-9(10-5-3-4-6-11(10)12)14(2)17(15,16)8-7-13/h3-6,9H,8H2,1-2H3/t9-/m0/s1. The quantitative estimate of drug-likeness (QED) is 0.856. The highest BCUT2D eigenvalue weighted by atomic mass is 79.9. The molecule has 0 radical (unpaired) electrons. The number of nitrogens with zero attached hydrogens (tertiary/aromatic N) is 2. The molecule has 0 aliphatic heterocycles. The van der Waals surface area contributed by atoms with E-state index in [4.69, 9.17) is 5.26 Å². The van der Waals surface area contributed by atoms with Gasteiger partial charge in [0.15, 0.2) is 5.75 Å². The van der Waals surface area contributed by atoms with Gasteiger partial charge < -0.3 is 0 Å². The zero-order chi connectivity index (χ0) is 13.1. The minimum Gasteiger partial charge on any atom is -0.211 e. The Labute approximate surface area is 110 Å². The number of benzene rings is 1. The van der Waals surface area contributed by atoms with Crippen LogP contribution in [0.25, 0.3) is 0 Å². The van der Waals surface area contributed by atoms with E-state index in [2.05, 4.69) is 15.9 Å². The van der Waals surface area contributed by atoms with Crippen molar-refractivity contribution < 1.29 is 8.42 Å².